The number of carboxylic acids is 1. The molecule has 9 nitrogen and oxygen atoms in total. The molecule has 0 bridgehead atoms. The van der Waals surface area contributed by atoms with Crippen LogP contribution in [0.1, 0.15) is 45.6 Å². The van der Waals surface area contributed by atoms with Gasteiger partial charge in [-0.15, -0.1) is 0 Å². The van der Waals surface area contributed by atoms with E-state index in [4.69, 9.17) is 5.11 Å². The minimum absolute atomic E-state index is 0.0395. The number of nitrogens with one attached hydrogen (secondary N) is 3. The van der Waals surface area contributed by atoms with Gasteiger partial charge in [0.25, 0.3) is 0 Å². The number of nitrogens with zero attached hydrogens (tertiary/aromatic N) is 2. The Hall–Kier alpha value is -3.05. The third-order valence-electron chi connectivity index (χ3n) is 7.37. The number of carbonyl (C=O) groups excluding carboxylic acids is 2. The van der Waals surface area contributed by atoms with Crippen LogP contribution in [0.5, 0.6) is 0 Å². The summed E-state index contributed by atoms with van der Waals surface area (Å²) in [4.78, 5) is 38.2. The molecule has 1 unspecified atom stereocenters. The third kappa shape index (κ3) is 8.72. The molecule has 2 aliphatic rings. The van der Waals surface area contributed by atoms with Gasteiger partial charge in [0, 0.05) is 89.7 Å². The Morgan fingerprint density at radius 1 is 1.21 bits per heavy atom. The average molecular weight is 552 g/mol. The highest BCUT2D eigenvalue weighted by atomic mass is 19.3. The molecule has 4 N–H and O–H groups in total. The predicted octanol–water partition coefficient (Wildman–Crippen LogP) is 3.07. The van der Waals surface area contributed by atoms with Crippen molar-refractivity contribution in [3.8, 4) is 0 Å². The Balaban J connectivity index is 0.000000673. The van der Waals surface area contributed by atoms with E-state index in [-0.39, 0.29) is 11.8 Å². The van der Waals surface area contributed by atoms with E-state index in [9.17, 15) is 23.2 Å². The summed E-state index contributed by atoms with van der Waals surface area (Å²) in [5.41, 5.74) is 5.50. The molecule has 2 saturated heterocycles. The van der Waals surface area contributed by atoms with Gasteiger partial charge in [-0.1, -0.05) is 18.6 Å². The van der Waals surface area contributed by atoms with E-state index in [1.165, 1.54) is 11.3 Å². The van der Waals surface area contributed by atoms with Gasteiger partial charge in [0.15, 0.2) is 0 Å². The molecule has 11 heteroatoms. The van der Waals surface area contributed by atoms with Crippen LogP contribution in [0.4, 0.5) is 20.2 Å². The van der Waals surface area contributed by atoms with E-state index < -0.39 is 11.9 Å². The number of carbonyl (C=O) groups is 3. The van der Waals surface area contributed by atoms with Gasteiger partial charge in [0.1, 0.15) is 6.29 Å². The normalized spacial score (nSPS) is 17.7. The fourth-order valence-electron chi connectivity index (χ4n) is 4.77. The number of alkyl halides is 2. The number of carboxylic acid groups (broad SMARTS) is 1. The number of aldehydes is 1. The van der Waals surface area contributed by atoms with Crippen LogP contribution >= 0.6 is 0 Å². The lowest BCUT2D eigenvalue weighted by molar-refractivity contribution is -0.161. The molecule has 0 saturated carbocycles. The van der Waals surface area contributed by atoms with E-state index in [0.717, 1.165) is 68.8 Å². The highest BCUT2D eigenvalue weighted by molar-refractivity contribution is 5.95. The van der Waals surface area contributed by atoms with Gasteiger partial charge in [-0.3, -0.25) is 9.69 Å². The fourth-order valence-corrected chi connectivity index (χ4v) is 4.77. The molecule has 1 aromatic rings. The van der Waals surface area contributed by atoms with Crippen LogP contribution in [0.15, 0.2) is 23.8 Å². The minimum Gasteiger partial charge on any atom is -0.477 e. The molecule has 2 aliphatic heterocycles. The third-order valence-corrected chi connectivity index (χ3v) is 7.37. The summed E-state index contributed by atoms with van der Waals surface area (Å²) in [5.74, 6) is -6.06. The largest absolute Gasteiger partial charge is 0.477 e. The van der Waals surface area contributed by atoms with Crippen molar-refractivity contribution < 1.29 is 28.3 Å². The van der Waals surface area contributed by atoms with Crippen molar-refractivity contribution in [3.63, 3.8) is 0 Å². The minimum atomic E-state index is -3.58. The first-order valence-electron chi connectivity index (χ1n) is 13.5. The average Bonchev–Trinajstić information content (AvgIpc) is 2.89. The molecule has 0 aromatic heterocycles. The monoisotopic (exact) mass is 551 g/mol. The SMILES string of the molecule is CC(F)(F)C(=O)O.CCC(C)=C(c1ccc(N2CCN(C3CNC3)CC2)cc1NC)C(CCC=O)C(=O)NC. The lowest BCUT2D eigenvalue weighted by Gasteiger charge is -2.44. The van der Waals surface area contributed by atoms with Crippen molar-refractivity contribution >= 4 is 35.1 Å². The second-order valence-electron chi connectivity index (χ2n) is 9.97. The predicted molar refractivity (Wildman–Crippen MR) is 150 cm³/mol. The van der Waals surface area contributed by atoms with Gasteiger partial charge in [0.05, 0.1) is 5.92 Å². The van der Waals surface area contributed by atoms with Gasteiger partial charge in [0.2, 0.25) is 5.91 Å². The first-order valence-corrected chi connectivity index (χ1v) is 13.5. The number of rotatable bonds is 11. The number of allylic oxidation sites excluding steroid dienone is 1. The topological polar surface area (TPSA) is 114 Å². The number of piperazine rings is 1. The smallest absolute Gasteiger partial charge is 0.374 e. The van der Waals surface area contributed by atoms with E-state index in [1.54, 1.807) is 7.05 Å². The van der Waals surface area contributed by atoms with Gasteiger partial charge < -0.3 is 30.8 Å². The highest BCUT2D eigenvalue weighted by Crippen LogP contribution is 2.38. The number of aliphatic carboxylic acids is 1. The van der Waals surface area contributed by atoms with Crippen LogP contribution in [0.3, 0.4) is 0 Å². The molecule has 218 valence electrons. The standard InChI is InChI=1S/C25H39N5O2.C3H4F2O2/c1-5-18(2)24(22(7-6-14-31)25(32)27-4)21-9-8-19(15-23(21)26-3)29-10-12-30(13-11-29)20-16-28-17-20;1-3(4,5)2(6)7/h8-9,14-15,20,22,26,28H,5-7,10-13,16-17H2,1-4H3,(H,27,32);1H3,(H,6,7). The molecule has 1 atom stereocenters. The van der Waals surface area contributed by atoms with E-state index in [1.807, 2.05) is 7.05 Å². The van der Waals surface area contributed by atoms with Gasteiger partial charge in [-0.05, 0) is 37.5 Å². The Morgan fingerprint density at radius 3 is 2.26 bits per heavy atom. The summed E-state index contributed by atoms with van der Waals surface area (Å²) in [6.07, 6.45) is 2.63. The molecule has 1 amide bonds. The molecule has 39 heavy (non-hydrogen) atoms. The van der Waals surface area contributed by atoms with Crippen molar-refractivity contribution in [2.24, 2.45) is 5.92 Å². The van der Waals surface area contributed by atoms with Crippen molar-refractivity contribution in [1.82, 2.24) is 15.5 Å². The van der Waals surface area contributed by atoms with Crippen LogP contribution < -0.4 is 20.9 Å². The Morgan fingerprint density at radius 2 is 1.82 bits per heavy atom. The molecular formula is C28H43F2N5O4. The van der Waals surface area contributed by atoms with Crippen LogP contribution in [0.25, 0.3) is 5.57 Å². The van der Waals surface area contributed by atoms with Crippen LogP contribution in [-0.4, -0.2) is 93.5 Å². The summed E-state index contributed by atoms with van der Waals surface area (Å²) in [6, 6.07) is 7.24. The molecule has 0 aliphatic carbocycles. The Kier molecular flexibility index (Phi) is 12.3. The number of amides is 1. The maximum absolute atomic E-state index is 12.8. The summed E-state index contributed by atoms with van der Waals surface area (Å²) >= 11 is 0. The lowest BCUT2D eigenvalue weighted by Crippen LogP contribution is -2.61. The zero-order chi connectivity index (χ0) is 29.2. The molecular weight excluding hydrogens is 508 g/mol. The summed E-state index contributed by atoms with van der Waals surface area (Å²) in [7, 11) is 3.60. The van der Waals surface area contributed by atoms with Crippen molar-refractivity contribution in [1.29, 1.82) is 0 Å². The maximum Gasteiger partial charge on any atom is 0.374 e. The molecule has 0 radical (unpaired) electrons. The molecule has 0 spiro atoms. The Bertz CT molecular complexity index is 1020. The number of hydrogen-bond donors (Lipinski definition) is 4. The van der Waals surface area contributed by atoms with Crippen molar-refractivity contribution in [2.75, 3.05) is 63.6 Å². The summed E-state index contributed by atoms with van der Waals surface area (Å²) in [6.45, 7) is 11.0. The van der Waals surface area contributed by atoms with E-state index in [0.29, 0.717) is 25.8 Å². The number of anilines is 2. The van der Waals surface area contributed by atoms with E-state index in [2.05, 4.69) is 57.8 Å². The Labute approximate surface area is 230 Å². The number of hydrogen-bond acceptors (Lipinski definition) is 7. The fraction of sp³-hybridized carbons (Fsp3) is 0.607. The zero-order valence-electron chi connectivity index (χ0n) is 23.7. The quantitative estimate of drug-likeness (QED) is 0.311. The molecule has 2 heterocycles. The number of halogens is 2. The van der Waals surface area contributed by atoms with Crippen LogP contribution in [-0.2, 0) is 14.4 Å². The molecule has 3 rings (SSSR count). The summed E-state index contributed by atoms with van der Waals surface area (Å²) < 4.78 is 22.5. The van der Waals surface area contributed by atoms with E-state index >= 15 is 0 Å². The van der Waals surface area contributed by atoms with Gasteiger partial charge >= 0.3 is 11.9 Å². The van der Waals surface area contributed by atoms with Crippen LogP contribution in [0.2, 0.25) is 0 Å². The van der Waals surface area contributed by atoms with Crippen molar-refractivity contribution in [3.05, 3.63) is 29.3 Å². The second kappa shape index (κ2) is 14.9. The molecule has 2 fully saturated rings. The van der Waals surface area contributed by atoms with Crippen LogP contribution in [0, 0.1) is 5.92 Å². The maximum atomic E-state index is 12.8. The summed E-state index contributed by atoms with van der Waals surface area (Å²) in [5, 5.41) is 17.0. The van der Waals surface area contributed by atoms with Gasteiger partial charge in [-0.2, -0.15) is 8.78 Å². The zero-order valence-corrected chi connectivity index (χ0v) is 23.7. The lowest BCUT2D eigenvalue weighted by atomic mass is 9.83. The van der Waals surface area contributed by atoms with Gasteiger partial charge in [-0.25, -0.2) is 4.79 Å². The molecule has 1 aromatic carbocycles. The number of benzene rings is 1. The highest BCUT2D eigenvalue weighted by Gasteiger charge is 2.31. The second-order valence-corrected chi connectivity index (χ2v) is 9.97. The first-order chi connectivity index (χ1) is 18.5. The van der Waals surface area contributed by atoms with Crippen molar-refractivity contribution in [2.45, 2.75) is 52.0 Å². The first kappa shape index (κ1) is 32.2.